The average molecular weight is 418 g/mol. The van der Waals surface area contributed by atoms with Crippen LogP contribution in [0, 0.1) is 0 Å². The number of hydrogen-bond acceptors (Lipinski definition) is 5. The number of benzene rings is 2. The molecular formula is C24H27N5O2. The zero-order valence-corrected chi connectivity index (χ0v) is 17.7. The van der Waals surface area contributed by atoms with Gasteiger partial charge in [0, 0.05) is 49.4 Å². The van der Waals surface area contributed by atoms with E-state index in [2.05, 4.69) is 44.3 Å². The minimum absolute atomic E-state index is 0.0860. The number of amides is 1. The maximum atomic E-state index is 12.8. The molecule has 2 aromatic carbocycles. The van der Waals surface area contributed by atoms with Crippen molar-refractivity contribution in [1.29, 1.82) is 0 Å². The third kappa shape index (κ3) is 4.14. The predicted octanol–water partition coefficient (Wildman–Crippen LogP) is 2.56. The lowest BCUT2D eigenvalue weighted by atomic mass is 9.99. The van der Waals surface area contributed by atoms with Gasteiger partial charge in [-0.15, -0.1) is 0 Å². The molecule has 1 amide bonds. The number of nitrogens with zero attached hydrogens (tertiary/aromatic N) is 3. The zero-order valence-electron chi connectivity index (χ0n) is 17.7. The predicted molar refractivity (Wildman–Crippen MR) is 121 cm³/mol. The van der Waals surface area contributed by atoms with E-state index < -0.39 is 0 Å². The molecule has 2 aliphatic rings. The Labute approximate surface area is 182 Å². The molecule has 0 saturated carbocycles. The van der Waals surface area contributed by atoms with Crippen LogP contribution in [-0.4, -0.2) is 66.7 Å². The summed E-state index contributed by atoms with van der Waals surface area (Å²) in [5.74, 6) is 1.45. The summed E-state index contributed by atoms with van der Waals surface area (Å²) >= 11 is 0. The van der Waals surface area contributed by atoms with Crippen LogP contribution in [0.3, 0.4) is 0 Å². The van der Waals surface area contributed by atoms with E-state index in [4.69, 9.17) is 4.74 Å². The zero-order chi connectivity index (χ0) is 21.2. The molecule has 1 fully saturated rings. The van der Waals surface area contributed by atoms with Gasteiger partial charge in [0.1, 0.15) is 23.9 Å². The first kappa shape index (κ1) is 19.6. The van der Waals surface area contributed by atoms with Crippen molar-refractivity contribution in [2.45, 2.75) is 12.5 Å². The number of fused-ring (bicyclic) bond motifs is 1. The standard InChI is InChI=1S/C24H27N5O2/c1-28-10-12-29(13-11-28)21-8-5-9-22-19(21)14-18(16-31-22)26-24(30)20-15-25-23(27-20)17-6-3-2-4-7-17/h2-9,15,18H,10-14,16H2,1H3,(H,25,27)(H,26,30)/t18-/m0/s1. The highest BCUT2D eigenvalue weighted by atomic mass is 16.5. The fourth-order valence-corrected chi connectivity index (χ4v) is 4.27. The molecule has 31 heavy (non-hydrogen) atoms. The van der Waals surface area contributed by atoms with E-state index in [1.807, 2.05) is 36.4 Å². The van der Waals surface area contributed by atoms with Gasteiger partial charge in [0.05, 0.1) is 12.2 Å². The van der Waals surface area contributed by atoms with Gasteiger partial charge in [0.25, 0.3) is 5.91 Å². The van der Waals surface area contributed by atoms with Crippen molar-refractivity contribution < 1.29 is 9.53 Å². The fraction of sp³-hybridized carbons (Fsp3) is 0.333. The lowest BCUT2D eigenvalue weighted by Gasteiger charge is -2.37. The van der Waals surface area contributed by atoms with E-state index in [-0.39, 0.29) is 11.9 Å². The van der Waals surface area contributed by atoms with Gasteiger partial charge in [0.2, 0.25) is 0 Å². The minimum Gasteiger partial charge on any atom is -0.491 e. The number of anilines is 1. The number of likely N-dealkylation sites (N-methyl/N-ethyl adjacent to an activating group) is 1. The summed E-state index contributed by atoms with van der Waals surface area (Å²) in [6, 6.07) is 15.9. The second kappa shape index (κ2) is 8.43. The van der Waals surface area contributed by atoms with Gasteiger partial charge >= 0.3 is 0 Å². The summed E-state index contributed by atoms with van der Waals surface area (Å²) in [5.41, 5.74) is 3.81. The Morgan fingerprint density at radius 3 is 2.71 bits per heavy atom. The number of H-pyrrole nitrogens is 1. The Hall–Kier alpha value is -3.32. The smallest absolute Gasteiger partial charge is 0.269 e. The second-order valence-corrected chi connectivity index (χ2v) is 8.24. The van der Waals surface area contributed by atoms with E-state index in [1.165, 1.54) is 11.3 Å². The van der Waals surface area contributed by atoms with E-state index >= 15 is 0 Å². The first-order chi connectivity index (χ1) is 15.2. The van der Waals surface area contributed by atoms with Crippen LogP contribution in [0.2, 0.25) is 0 Å². The van der Waals surface area contributed by atoms with Gasteiger partial charge in [-0.05, 0) is 19.2 Å². The van der Waals surface area contributed by atoms with Crippen molar-refractivity contribution in [2.24, 2.45) is 0 Å². The monoisotopic (exact) mass is 417 g/mol. The van der Waals surface area contributed by atoms with Gasteiger partial charge in [-0.2, -0.15) is 0 Å². The van der Waals surface area contributed by atoms with Gasteiger partial charge < -0.3 is 24.8 Å². The van der Waals surface area contributed by atoms with Crippen LogP contribution in [0.4, 0.5) is 5.69 Å². The molecule has 7 nitrogen and oxygen atoms in total. The van der Waals surface area contributed by atoms with Crippen molar-refractivity contribution in [3.8, 4) is 17.1 Å². The first-order valence-electron chi connectivity index (χ1n) is 10.8. The van der Waals surface area contributed by atoms with Crippen LogP contribution in [-0.2, 0) is 6.42 Å². The molecule has 3 heterocycles. The molecule has 0 radical (unpaired) electrons. The Morgan fingerprint density at radius 2 is 1.90 bits per heavy atom. The number of carbonyl (C=O) groups excluding carboxylic acids is 1. The molecule has 3 aromatic rings. The van der Waals surface area contributed by atoms with E-state index in [0.29, 0.717) is 18.1 Å². The van der Waals surface area contributed by atoms with Crippen LogP contribution < -0.4 is 15.0 Å². The van der Waals surface area contributed by atoms with Crippen molar-refractivity contribution in [3.05, 3.63) is 66.0 Å². The van der Waals surface area contributed by atoms with Crippen LogP contribution in [0.1, 0.15) is 16.1 Å². The summed E-state index contributed by atoms with van der Waals surface area (Å²) < 4.78 is 6.02. The summed E-state index contributed by atoms with van der Waals surface area (Å²) in [6.07, 6.45) is 2.34. The molecule has 0 aliphatic carbocycles. The number of piperazine rings is 1. The van der Waals surface area contributed by atoms with E-state index in [9.17, 15) is 4.79 Å². The quantitative estimate of drug-likeness (QED) is 0.683. The highest BCUT2D eigenvalue weighted by molar-refractivity contribution is 5.93. The first-order valence-corrected chi connectivity index (χ1v) is 10.8. The lowest BCUT2D eigenvalue weighted by Crippen LogP contribution is -2.46. The van der Waals surface area contributed by atoms with E-state index in [0.717, 1.165) is 43.9 Å². The summed E-state index contributed by atoms with van der Waals surface area (Å²) in [7, 11) is 2.16. The fourth-order valence-electron chi connectivity index (χ4n) is 4.27. The molecule has 1 aromatic heterocycles. The summed E-state index contributed by atoms with van der Waals surface area (Å²) in [4.78, 5) is 25.1. The number of ether oxygens (including phenoxy) is 1. The number of hydrogen-bond donors (Lipinski definition) is 2. The molecule has 7 heteroatoms. The number of carbonyl (C=O) groups is 1. The highest BCUT2D eigenvalue weighted by Crippen LogP contribution is 2.34. The molecule has 2 aliphatic heterocycles. The SMILES string of the molecule is CN1CCN(c2cccc3c2C[C@H](NC(=O)c2cnc(-c4ccccc4)[nH]2)CO3)CC1. The Morgan fingerprint density at radius 1 is 1.10 bits per heavy atom. The molecule has 160 valence electrons. The average Bonchev–Trinajstić information content (AvgIpc) is 3.31. The molecule has 1 atom stereocenters. The van der Waals surface area contributed by atoms with Crippen LogP contribution in [0.5, 0.6) is 5.75 Å². The van der Waals surface area contributed by atoms with Crippen LogP contribution in [0.15, 0.2) is 54.7 Å². The van der Waals surface area contributed by atoms with Crippen molar-refractivity contribution in [1.82, 2.24) is 20.2 Å². The van der Waals surface area contributed by atoms with Crippen LogP contribution >= 0.6 is 0 Å². The topological polar surface area (TPSA) is 73.5 Å². The molecule has 0 bridgehead atoms. The highest BCUT2D eigenvalue weighted by Gasteiger charge is 2.27. The second-order valence-electron chi connectivity index (χ2n) is 8.24. The lowest BCUT2D eigenvalue weighted by molar-refractivity contribution is 0.0911. The maximum Gasteiger partial charge on any atom is 0.269 e. The normalized spacial score (nSPS) is 18.9. The molecule has 2 N–H and O–H groups in total. The molecular weight excluding hydrogens is 390 g/mol. The Bertz CT molecular complexity index is 1060. The largest absolute Gasteiger partial charge is 0.491 e. The molecule has 0 unspecified atom stereocenters. The minimum atomic E-state index is -0.163. The van der Waals surface area contributed by atoms with Crippen molar-refractivity contribution in [3.63, 3.8) is 0 Å². The van der Waals surface area contributed by atoms with Gasteiger partial charge in [-0.25, -0.2) is 4.98 Å². The summed E-state index contributed by atoms with van der Waals surface area (Å²) in [6.45, 7) is 4.56. The number of rotatable bonds is 4. The third-order valence-corrected chi connectivity index (χ3v) is 6.05. The number of aromatic nitrogens is 2. The molecule has 0 spiro atoms. The van der Waals surface area contributed by atoms with Crippen LogP contribution in [0.25, 0.3) is 11.4 Å². The number of nitrogens with one attached hydrogen (secondary N) is 2. The maximum absolute atomic E-state index is 12.8. The Balaban J connectivity index is 1.29. The van der Waals surface area contributed by atoms with Crippen molar-refractivity contribution in [2.75, 3.05) is 44.7 Å². The molecule has 5 rings (SSSR count). The van der Waals surface area contributed by atoms with Gasteiger partial charge in [-0.1, -0.05) is 36.4 Å². The third-order valence-electron chi connectivity index (χ3n) is 6.05. The Kier molecular flexibility index (Phi) is 5.34. The number of aromatic amines is 1. The van der Waals surface area contributed by atoms with E-state index in [1.54, 1.807) is 6.20 Å². The summed E-state index contributed by atoms with van der Waals surface area (Å²) in [5, 5.41) is 3.12. The van der Waals surface area contributed by atoms with Crippen molar-refractivity contribution >= 4 is 11.6 Å². The molecule has 1 saturated heterocycles. The van der Waals surface area contributed by atoms with Gasteiger partial charge in [-0.3, -0.25) is 4.79 Å². The van der Waals surface area contributed by atoms with Gasteiger partial charge in [0.15, 0.2) is 0 Å². The number of imidazole rings is 1.